The monoisotopic (exact) mass is 267 g/mol. The van der Waals surface area contributed by atoms with Gasteiger partial charge in [0.05, 0.1) is 5.57 Å². The molecule has 0 aromatic carbocycles. The Kier molecular flexibility index (Phi) is 7.26. The Balaban J connectivity index is 2.56. The molecule has 0 aromatic rings. The van der Waals surface area contributed by atoms with Crippen LogP contribution in [0.4, 0.5) is 0 Å². The van der Waals surface area contributed by atoms with Crippen LogP contribution in [0.3, 0.4) is 0 Å². The van der Waals surface area contributed by atoms with Crippen molar-refractivity contribution in [3.8, 4) is 0 Å². The van der Waals surface area contributed by atoms with Crippen LogP contribution in [0.2, 0.25) is 0 Å². The van der Waals surface area contributed by atoms with Gasteiger partial charge in [0.25, 0.3) is 0 Å². The molecule has 0 aromatic heterocycles. The molecule has 1 heterocycles. The topological polar surface area (TPSA) is 60.8 Å². The van der Waals surface area contributed by atoms with Crippen molar-refractivity contribution < 1.29 is 15.0 Å². The van der Waals surface area contributed by atoms with Crippen LogP contribution in [0.15, 0.2) is 23.4 Å². The van der Waals surface area contributed by atoms with Gasteiger partial charge in [0.1, 0.15) is 0 Å². The van der Waals surface area contributed by atoms with E-state index in [0.717, 1.165) is 31.5 Å². The molecular weight excluding hydrogens is 242 g/mol. The Bertz CT molecular complexity index is 347. The summed E-state index contributed by atoms with van der Waals surface area (Å²) in [6.45, 7) is 3.75. The Hall–Kier alpha value is -1.29. The van der Waals surface area contributed by atoms with E-state index < -0.39 is 5.97 Å². The lowest BCUT2D eigenvalue weighted by atomic mass is 10.1. The van der Waals surface area contributed by atoms with Gasteiger partial charge in [0, 0.05) is 25.4 Å². The second kappa shape index (κ2) is 8.75. The molecule has 0 saturated heterocycles. The molecule has 0 atom stereocenters. The summed E-state index contributed by atoms with van der Waals surface area (Å²) in [5.41, 5.74) is 1.60. The van der Waals surface area contributed by atoms with Crippen LogP contribution in [-0.4, -0.2) is 40.8 Å². The van der Waals surface area contributed by atoms with Gasteiger partial charge < -0.3 is 15.1 Å². The number of rotatable bonds is 9. The molecule has 1 aliphatic heterocycles. The van der Waals surface area contributed by atoms with Crippen LogP contribution in [0, 0.1) is 0 Å². The van der Waals surface area contributed by atoms with Gasteiger partial charge in [-0.3, -0.25) is 0 Å². The number of allylic oxidation sites excluding steroid dienone is 3. The molecule has 0 saturated carbocycles. The third-order valence-corrected chi connectivity index (χ3v) is 3.39. The third kappa shape index (κ3) is 5.47. The molecule has 1 aliphatic rings. The first kappa shape index (κ1) is 15.8. The quantitative estimate of drug-likeness (QED) is 0.630. The normalized spacial score (nSPS) is 15.2. The average Bonchev–Trinajstić information content (AvgIpc) is 2.41. The van der Waals surface area contributed by atoms with Crippen LogP contribution >= 0.6 is 0 Å². The van der Waals surface area contributed by atoms with Gasteiger partial charge in [-0.05, 0) is 31.4 Å². The highest BCUT2D eigenvalue weighted by molar-refractivity contribution is 5.87. The van der Waals surface area contributed by atoms with Gasteiger partial charge >= 0.3 is 5.97 Å². The van der Waals surface area contributed by atoms with E-state index in [2.05, 4.69) is 11.8 Å². The van der Waals surface area contributed by atoms with Gasteiger partial charge in [-0.25, -0.2) is 4.79 Å². The van der Waals surface area contributed by atoms with E-state index >= 15 is 0 Å². The zero-order valence-electron chi connectivity index (χ0n) is 11.8. The number of carboxylic acid groups (broad SMARTS) is 1. The van der Waals surface area contributed by atoms with E-state index in [-0.39, 0.29) is 6.61 Å². The van der Waals surface area contributed by atoms with Crippen molar-refractivity contribution in [1.82, 2.24) is 4.90 Å². The molecule has 0 amide bonds. The number of carbonyl (C=O) groups is 1. The van der Waals surface area contributed by atoms with E-state index in [0.29, 0.717) is 12.1 Å². The first-order valence-corrected chi connectivity index (χ1v) is 7.17. The average molecular weight is 267 g/mol. The number of carboxylic acids is 1. The fourth-order valence-electron chi connectivity index (χ4n) is 2.25. The summed E-state index contributed by atoms with van der Waals surface area (Å²) in [6.07, 6.45) is 9.84. The Morgan fingerprint density at radius 3 is 2.68 bits per heavy atom. The van der Waals surface area contributed by atoms with Crippen LogP contribution in [0.1, 0.15) is 45.4 Å². The highest BCUT2D eigenvalue weighted by atomic mass is 16.4. The van der Waals surface area contributed by atoms with Crippen molar-refractivity contribution >= 4 is 5.97 Å². The van der Waals surface area contributed by atoms with Gasteiger partial charge in [0.2, 0.25) is 0 Å². The maximum atomic E-state index is 11.0. The first-order chi connectivity index (χ1) is 9.19. The molecule has 0 radical (unpaired) electrons. The number of aliphatic carboxylic acids is 1. The molecule has 1 rings (SSSR count). The smallest absolute Gasteiger partial charge is 0.333 e. The minimum Gasteiger partial charge on any atom is -0.478 e. The largest absolute Gasteiger partial charge is 0.478 e. The molecule has 0 spiro atoms. The number of hydrogen-bond acceptors (Lipinski definition) is 3. The van der Waals surface area contributed by atoms with E-state index in [1.807, 2.05) is 6.08 Å². The van der Waals surface area contributed by atoms with Crippen LogP contribution in [0.5, 0.6) is 0 Å². The van der Waals surface area contributed by atoms with Gasteiger partial charge in [-0.1, -0.05) is 26.2 Å². The summed E-state index contributed by atoms with van der Waals surface area (Å²) in [4.78, 5) is 13.2. The number of aliphatic hydroxyl groups excluding tert-OH is 1. The summed E-state index contributed by atoms with van der Waals surface area (Å²) in [5, 5.41) is 18.0. The lowest BCUT2D eigenvalue weighted by Crippen LogP contribution is -2.31. The number of unbranched alkanes of at least 4 members (excludes halogenated alkanes) is 3. The zero-order chi connectivity index (χ0) is 14.1. The molecule has 4 heteroatoms. The van der Waals surface area contributed by atoms with E-state index in [9.17, 15) is 4.79 Å². The molecule has 0 fully saturated rings. The van der Waals surface area contributed by atoms with Gasteiger partial charge in [-0.2, -0.15) is 0 Å². The third-order valence-electron chi connectivity index (χ3n) is 3.39. The van der Waals surface area contributed by atoms with Crippen LogP contribution < -0.4 is 0 Å². The maximum absolute atomic E-state index is 11.0. The van der Waals surface area contributed by atoms with Crippen LogP contribution in [-0.2, 0) is 4.79 Å². The Labute approximate surface area is 115 Å². The van der Waals surface area contributed by atoms with Gasteiger partial charge in [0.15, 0.2) is 0 Å². The Morgan fingerprint density at radius 1 is 1.26 bits per heavy atom. The molecule has 0 bridgehead atoms. The van der Waals surface area contributed by atoms with E-state index in [4.69, 9.17) is 10.2 Å². The molecule has 19 heavy (non-hydrogen) atoms. The maximum Gasteiger partial charge on any atom is 0.333 e. The van der Waals surface area contributed by atoms with E-state index in [1.165, 1.54) is 19.3 Å². The molecule has 108 valence electrons. The summed E-state index contributed by atoms with van der Waals surface area (Å²) in [7, 11) is 0. The van der Waals surface area contributed by atoms with Crippen molar-refractivity contribution in [3.05, 3.63) is 23.4 Å². The van der Waals surface area contributed by atoms with Crippen molar-refractivity contribution in [2.45, 2.75) is 45.4 Å². The van der Waals surface area contributed by atoms with Crippen molar-refractivity contribution in [1.29, 1.82) is 0 Å². The van der Waals surface area contributed by atoms with E-state index in [1.54, 1.807) is 6.08 Å². The summed E-state index contributed by atoms with van der Waals surface area (Å²) in [6, 6.07) is 0. The molecular formula is C15H25NO3. The predicted octanol–water partition coefficient (Wildman–Crippen LogP) is 2.55. The minimum atomic E-state index is -0.837. The summed E-state index contributed by atoms with van der Waals surface area (Å²) < 4.78 is 0. The number of aliphatic hydroxyl groups is 1. The molecule has 4 nitrogen and oxygen atoms in total. The number of nitrogens with zero attached hydrogens (tertiary/aromatic N) is 1. The zero-order valence-corrected chi connectivity index (χ0v) is 11.8. The predicted molar refractivity (Wildman–Crippen MR) is 75.8 cm³/mol. The number of hydrogen-bond donors (Lipinski definition) is 2. The van der Waals surface area contributed by atoms with Crippen molar-refractivity contribution in [3.63, 3.8) is 0 Å². The highest BCUT2D eigenvalue weighted by Gasteiger charge is 2.18. The lowest BCUT2D eigenvalue weighted by Gasteiger charge is -2.30. The second-order valence-corrected chi connectivity index (χ2v) is 4.96. The van der Waals surface area contributed by atoms with Crippen LogP contribution in [0.25, 0.3) is 0 Å². The SMILES string of the molecule is CCCCCCN1CC(C(=O)O)=CC=C1CCCO. The standard InChI is InChI=1S/C15H25NO3/c1-2-3-4-5-10-16-12-13(15(18)19)8-9-14(16)7-6-11-17/h8-9,17H,2-7,10-12H2,1H3,(H,18,19). The fourth-order valence-corrected chi connectivity index (χ4v) is 2.25. The first-order valence-electron chi connectivity index (χ1n) is 7.17. The lowest BCUT2D eigenvalue weighted by molar-refractivity contribution is -0.132. The van der Waals surface area contributed by atoms with Crippen molar-refractivity contribution in [2.24, 2.45) is 0 Å². The molecule has 0 aliphatic carbocycles. The van der Waals surface area contributed by atoms with Crippen molar-refractivity contribution in [2.75, 3.05) is 19.7 Å². The second-order valence-electron chi connectivity index (χ2n) is 4.96. The highest BCUT2D eigenvalue weighted by Crippen LogP contribution is 2.20. The molecule has 0 unspecified atom stereocenters. The van der Waals surface area contributed by atoms with Gasteiger partial charge in [-0.15, -0.1) is 0 Å². The summed E-state index contributed by atoms with van der Waals surface area (Å²) in [5.74, 6) is -0.837. The molecule has 2 N–H and O–H groups in total. The summed E-state index contributed by atoms with van der Waals surface area (Å²) >= 11 is 0. The minimum absolute atomic E-state index is 0.177. The fraction of sp³-hybridized carbons (Fsp3) is 0.667. The Morgan fingerprint density at radius 2 is 2.05 bits per heavy atom.